The third-order valence-corrected chi connectivity index (χ3v) is 3.18. The average molecular weight is 292 g/mol. The highest BCUT2D eigenvalue weighted by Gasteiger charge is 2.62. The van der Waals surface area contributed by atoms with Crippen molar-refractivity contribution in [3.8, 4) is 0 Å². The van der Waals surface area contributed by atoms with Crippen molar-refractivity contribution in [1.29, 1.82) is 0 Å². The van der Waals surface area contributed by atoms with E-state index in [1.54, 1.807) is 0 Å². The Kier molecular flexibility index (Phi) is 4.38. The van der Waals surface area contributed by atoms with Crippen molar-refractivity contribution in [3.05, 3.63) is 0 Å². The van der Waals surface area contributed by atoms with E-state index in [2.05, 4.69) is 5.32 Å². The molecule has 0 radical (unpaired) electrons. The lowest BCUT2D eigenvalue weighted by atomic mass is 9.84. The number of rotatable bonds is 3. The van der Waals surface area contributed by atoms with Gasteiger partial charge in [0, 0.05) is 20.1 Å². The van der Waals surface area contributed by atoms with Gasteiger partial charge < -0.3 is 10.2 Å². The van der Waals surface area contributed by atoms with Gasteiger partial charge in [-0.1, -0.05) is 0 Å². The Bertz CT molecular complexity index is 332. The highest BCUT2D eigenvalue weighted by molar-refractivity contribution is 5.84. The molecule has 1 rings (SSSR count). The van der Waals surface area contributed by atoms with Crippen LogP contribution in [0.3, 0.4) is 0 Å². The number of hydrogen-bond donors (Lipinski definition) is 1. The molecule has 0 saturated carbocycles. The summed E-state index contributed by atoms with van der Waals surface area (Å²) >= 11 is 0. The van der Waals surface area contributed by atoms with Crippen molar-refractivity contribution < 1.29 is 31.1 Å². The molecule has 0 aromatic carbocycles. The highest BCUT2D eigenvalue weighted by atomic mass is 19.4. The maximum Gasteiger partial charge on any atom is 0.404 e. The van der Waals surface area contributed by atoms with E-state index in [-0.39, 0.29) is 6.54 Å². The SMILES string of the molecule is CN(CCC(F)(F)F)C(=O)C1(C(F)(F)F)CCNC1. The molecule has 1 amide bonds. The number of nitrogens with one attached hydrogen (secondary N) is 1. The maximum atomic E-state index is 13.0. The summed E-state index contributed by atoms with van der Waals surface area (Å²) in [5.41, 5.74) is -2.60. The van der Waals surface area contributed by atoms with E-state index in [4.69, 9.17) is 0 Å². The van der Waals surface area contributed by atoms with Crippen LogP contribution in [0.2, 0.25) is 0 Å². The molecule has 0 aliphatic carbocycles. The zero-order valence-electron chi connectivity index (χ0n) is 10.2. The smallest absolute Gasteiger partial charge is 0.345 e. The van der Waals surface area contributed by atoms with Gasteiger partial charge in [0.05, 0.1) is 6.42 Å². The zero-order chi connectivity index (χ0) is 14.9. The molecule has 112 valence electrons. The fraction of sp³-hybridized carbons (Fsp3) is 0.900. The van der Waals surface area contributed by atoms with Crippen molar-refractivity contribution >= 4 is 5.91 Å². The zero-order valence-corrected chi connectivity index (χ0v) is 10.2. The molecule has 0 bridgehead atoms. The molecule has 9 heteroatoms. The summed E-state index contributed by atoms with van der Waals surface area (Å²) in [6.45, 7) is -1.36. The molecule has 1 atom stereocenters. The third kappa shape index (κ3) is 3.52. The van der Waals surface area contributed by atoms with Gasteiger partial charge in [0.15, 0.2) is 5.41 Å². The first-order valence-corrected chi connectivity index (χ1v) is 5.59. The van der Waals surface area contributed by atoms with Crippen LogP contribution in [0.25, 0.3) is 0 Å². The number of amides is 1. The Labute approximate surface area is 105 Å². The van der Waals surface area contributed by atoms with Gasteiger partial charge >= 0.3 is 12.4 Å². The minimum Gasteiger partial charge on any atom is -0.345 e. The third-order valence-electron chi connectivity index (χ3n) is 3.18. The fourth-order valence-corrected chi connectivity index (χ4v) is 2.00. The molecule has 0 aromatic heterocycles. The number of halogens is 6. The Morgan fingerprint density at radius 1 is 1.26 bits per heavy atom. The molecule has 1 heterocycles. The number of alkyl halides is 6. The monoisotopic (exact) mass is 292 g/mol. The van der Waals surface area contributed by atoms with Crippen LogP contribution in [-0.2, 0) is 4.79 Å². The van der Waals surface area contributed by atoms with Gasteiger partial charge in [0.2, 0.25) is 5.91 Å². The van der Waals surface area contributed by atoms with Crippen LogP contribution in [0.15, 0.2) is 0 Å². The second kappa shape index (κ2) is 5.18. The van der Waals surface area contributed by atoms with Gasteiger partial charge in [-0.2, -0.15) is 26.3 Å². The van der Waals surface area contributed by atoms with Crippen molar-refractivity contribution in [2.45, 2.75) is 25.2 Å². The molecule has 1 aliphatic rings. The topological polar surface area (TPSA) is 32.3 Å². The summed E-state index contributed by atoms with van der Waals surface area (Å²) in [5, 5.41) is 2.44. The number of carbonyl (C=O) groups excluding carboxylic acids is 1. The first kappa shape index (κ1) is 16.1. The van der Waals surface area contributed by atoms with Gasteiger partial charge in [0.1, 0.15) is 0 Å². The van der Waals surface area contributed by atoms with Crippen molar-refractivity contribution in [1.82, 2.24) is 10.2 Å². The van der Waals surface area contributed by atoms with E-state index < -0.39 is 49.6 Å². The molecular formula is C10H14F6N2O. The summed E-state index contributed by atoms with van der Waals surface area (Å²) in [5.74, 6) is -1.31. The molecule has 1 N–H and O–H groups in total. The molecule has 1 unspecified atom stereocenters. The largest absolute Gasteiger partial charge is 0.404 e. The van der Waals surface area contributed by atoms with E-state index in [0.29, 0.717) is 4.90 Å². The van der Waals surface area contributed by atoms with Crippen molar-refractivity contribution in [2.75, 3.05) is 26.7 Å². The highest BCUT2D eigenvalue weighted by Crippen LogP contribution is 2.44. The molecule has 1 aliphatic heterocycles. The van der Waals surface area contributed by atoms with Gasteiger partial charge in [-0.25, -0.2) is 0 Å². The van der Waals surface area contributed by atoms with E-state index in [1.807, 2.05) is 0 Å². The molecule has 0 spiro atoms. The Hall–Kier alpha value is -0.990. The molecule has 1 fully saturated rings. The van der Waals surface area contributed by atoms with Gasteiger partial charge in [-0.15, -0.1) is 0 Å². The molecule has 19 heavy (non-hydrogen) atoms. The van der Waals surface area contributed by atoms with Crippen LogP contribution in [-0.4, -0.2) is 49.8 Å². The second-order valence-corrected chi connectivity index (χ2v) is 4.60. The summed E-state index contributed by atoms with van der Waals surface area (Å²) in [4.78, 5) is 12.3. The lowest BCUT2D eigenvalue weighted by molar-refractivity contribution is -0.221. The number of nitrogens with zero attached hydrogens (tertiary/aromatic N) is 1. The summed E-state index contributed by atoms with van der Waals surface area (Å²) in [6, 6.07) is 0. The molecule has 3 nitrogen and oxygen atoms in total. The van der Waals surface area contributed by atoms with Crippen LogP contribution in [0.4, 0.5) is 26.3 Å². The predicted molar refractivity (Wildman–Crippen MR) is 54.3 cm³/mol. The quantitative estimate of drug-likeness (QED) is 0.806. The van der Waals surface area contributed by atoms with Crippen LogP contribution in [0, 0.1) is 5.41 Å². The van der Waals surface area contributed by atoms with E-state index in [1.165, 1.54) is 0 Å². The van der Waals surface area contributed by atoms with Crippen LogP contribution in [0.1, 0.15) is 12.8 Å². The fourth-order valence-electron chi connectivity index (χ4n) is 2.00. The summed E-state index contributed by atoms with van der Waals surface area (Å²) in [7, 11) is 0.958. The Morgan fingerprint density at radius 2 is 1.84 bits per heavy atom. The lowest BCUT2D eigenvalue weighted by Gasteiger charge is -2.33. The standard InChI is InChI=1S/C10H14F6N2O/c1-18(5-3-9(11,12)13)7(19)8(10(14,15)16)2-4-17-6-8/h17H,2-6H2,1H3. The average Bonchev–Trinajstić information content (AvgIpc) is 2.73. The first-order valence-electron chi connectivity index (χ1n) is 5.59. The van der Waals surface area contributed by atoms with Gasteiger partial charge in [-0.3, -0.25) is 4.79 Å². The van der Waals surface area contributed by atoms with Crippen LogP contribution >= 0.6 is 0 Å². The summed E-state index contributed by atoms with van der Waals surface area (Å²) < 4.78 is 75.0. The number of hydrogen-bond acceptors (Lipinski definition) is 2. The van der Waals surface area contributed by atoms with Crippen LogP contribution < -0.4 is 5.32 Å². The molecule has 0 aromatic rings. The lowest BCUT2D eigenvalue weighted by Crippen LogP contribution is -2.53. The Morgan fingerprint density at radius 3 is 2.21 bits per heavy atom. The summed E-state index contributed by atoms with van der Waals surface area (Å²) in [6.07, 6.45) is -11.1. The minimum absolute atomic E-state index is 0.0123. The number of carbonyl (C=O) groups is 1. The maximum absolute atomic E-state index is 13.0. The van der Waals surface area contributed by atoms with E-state index >= 15 is 0 Å². The Balaban J connectivity index is 2.79. The second-order valence-electron chi connectivity index (χ2n) is 4.60. The van der Waals surface area contributed by atoms with Crippen molar-refractivity contribution in [3.63, 3.8) is 0 Å². The van der Waals surface area contributed by atoms with Gasteiger partial charge in [-0.05, 0) is 13.0 Å². The predicted octanol–water partition coefficient (Wildman–Crippen LogP) is 1.94. The minimum atomic E-state index is -4.78. The van der Waals surface area contributed by atoms with Gasteiger partial charge in [0.25, 0.3) is 0 Å². The first-order chi connectivity index (χ1) is 8.50. The van der Waals surface area contributed by atoms with E-state index in [9.17, 15) is 31.1 Å². The normalized spacial score (nSPS) is 24.6. The van der Waals surface area contributed by atoms with Crippen molar-refractivity contribution in [2.24, 2.45) is 5.41 Å². The molecular weight excluding hydrogens is 278 g/mol. The molecule has 1 saturated heterocycles. The van der Waals surface area contributed by atoms with Crippen LogP contribution in [0.5, 0.6) is 0 Å². The van der Waals surface area contributed by atoms with E-state index in [0.717, 1.165) is 7.05 Å².